The summed E-state index contributed by atoms with van der Waals surface area (Å²) in [5, 5.41) is 2.07. The molecule has 0 saturated carbocycles. The van der Waals surface area contributed by atoms with Gasteiger partial charge in [-0.05, 0) is 23.7 Å². The van der Waals surface area contributed by atoms with Gasteiger partial charge in [0.15, 0.2) is 4.77 Å². The Bertz CT molecular complexity index is 397. The topological polar surface area (TPSA) is 20.7 Å². The van der Waals surface area contributed by atoms with Gasteiger partial charge in [-0.25, -0.2) is 0 Å². The number of thiophene rings is 1. The zero-order valence-electron chi connectivity index (χ0n) is 6.36. The molecular formula is C8H8N2S2. The summed E-state index contributed by atoms with van der Waals surface area (Å²) in [4.78, 5) is 4.29. The van der Waals surface area contributed by atoms with Crippen LogP contribution in [0.25, 0.3) is 0 Å². The molecule has 2 aromatic heterocycles. The number of nitrogens with zero attached hydrogens (tertiary/aromatic N) is 1. The van der Waals surface area contributed by atoms with Crippen molar-refractivity contribution >= 4 is 23.6 Å². The zero-order chi connectivity index (χ0) is 8.39. The summed E-state index contributed by atoms with van der Waals surface area (Å²) < 4.78 is 2.80. The van der Waals surface area contributed by atoms with Crippen LogP contribution in [0.1, 0.15) is 4.88 Å². The maximum atomic E-state index is 5.07. The monoisotopic (exact) mass is 196 g/mol. The predicted octanol–water partition coefficient (Wildman–Crippen LogP) is 2.66. The van der Waals surface area contributed by atoms with Gasteiger partial charge < -0.3 is 9.55 Å². The first-order chi connectivity index (χ1) is 5.86. The summed E-state index contributed by atoms with van der Waals surface area (Å²) in [6.07, 6.45) is 3.82. The second-order valence-corrected chi connectivity index (χ2v) is 3.89. The Labute approximate surface area is 79.5 Å². The molecule has 0 amide bonds. The Balaban J connectivity index is 2.25. The lowest BCUT2D eigenvalue weighted by Crippen LogP contribution is -1.95. The van der Waals surface area contributed by atoms with Gasteiger partial charge >= 0.3 is 0 Å². The van der Waals surface area contributed by atoms with Crippen molar-refractivity contribution in [2.45, 2.75) is 6.54 Å². The van der Waals surface area contributed by atoms with Crippen LogP contribution in [-0.2, 0) is 6.54 Å². The second kappa shape index (κ2) is 3.25. The first-order valence-electron chi connectivity index (χ1n) is 3.62. The molecule has 1 N–H and O–H groups in total. The minimum absolute atomic E-state index is 0.781. The van der Waals surface area contributed by atoms with E-state index in [9.17, 15) is 0 Å². The minimum atomic E-state index is 0.781. The van der Waals surface area contributed by atoms with Crippen LogP contribution in [0.5, 0.6) is 0 Å². The maximum absolute atomic E-state index is 5.07. The molecule has 0 spiro atoms. The molecule has 0 bridgehead atoms. The van der Waals surface area contributed by atoms with Gasteiger partial charge in [-0.3, -0.25) is 0 Å². The van der Waals surface area contributed by atoms with E-state index in [1.54, 1.807) is 11.3 Å². The number of imidazole rings is 1. The third-order valence-corrected chi connectivity index (χ3v) is 2.84. The number of H-pyrrole nitrogens is 1. The van der Waals surface area contributed by atoms with Gasteiger partial charge in [-0.15, -0.1) is 11.3 Å². The first kappa shape index (κ1) is 7.76. The maximum Gasteiger partial charge on any atom is 0.177 e. The quantitative estimate of drug-likeness (QED) is 0.732. The van der Waals surface area contributed by atoms with Crippen molar-refractivity contribution in [1.82, 2.24) is 9.55 Å². The van der Waals surface area contributed by atoms with E-state index < -0.39 is 0 Å². The molecule has 0 atom stereocenters. The van der Waals surface area contributed by atoms with Crippen LogP contribution in [0, 0.1) is 4.77 Å². The van der Waals surface area contributed by atoms with Gasteiger partial charge in [0.2, 0.25) is 0 Å². The summed E-state index contributed by atoms with van der Waals surface area (Å²) in [6.45, 7) is 0.875. The Kier molecular flexibility index (Phi) is 2.10. The summed E-state index contributed by atoms with van der Waals surface area (Å²) in [6, 6.07) is 4.16. The lowest BCUT2D eigenvalue weighted by atomic mass is 10.5. The van der Waals surface area contributed by atoms with E-state index in [2.05, 4.69) is 22.5 Å². The molecule has 0 radical (unpaired) electrons. The van der Waals surface area contributed by atoms with Gasteiger partial charge in [0.1, 0.15) is 0 Å². The van der Waals surface area contributed by atoms with E-state index >= 15 is 0 Å². The van der Waals surface area contributed by atoms with Gasteiger partial charge in [-0.2, -0.15) is 0 Å². The first-order valence-corrected chi connectivity index (χ1v) is 4.91. The average molecular weight is 196 g/mol. The molecular weight excluding hydrogens is 188 g/mol. The Morgan fingerprint density at radius 3 is 3.08 bits per heavy atom. The fraction of sp³-hybridized carbons (Fsp3) is 0.125. The zero-order valence-corrected chi connectivity index (χ0v) is 7.99. The number of hydrogen-bond donors (Lipinski definition) is 1. The largest absolute Gasteiger partial charge is 0.337 e. The van der Waals surface area contributed by atoms with E-state index in [1.807, 2.05) is 17.0 Å². The Hall–Kier alpha value is -0.870. The lowest BCUT2D eigenvalue weighted by Gasteiger charge is -1.97. The number of aromatic nitrogens is 2. The molecule has 4 heteroatoms. The molecule has 0 aliphatic rings. The summed E-state index contributed by atoms with van der Waals surface area (Å²) in [7, 11) is 0. The lowest BCUT2D eigenvalue weighted by molar-refractivity contribution is 0.796. The summed E-state index contributed by atoms with van der Waals surface area (Å²) in [5.74, 6) is 0. The highest BCUT2D eigenvalue weighted by Crippen LogP contribution is 2.10. The van der Waals surface area contributed by atoms with Crippen LogP contribution < -0.4 is 0 Å². The van der Waals surface area contributed by atoms with Crippen LogP contribution in [0.2, 0.25) is 0 Å². The van der Waals surface area contributed by atoms with E-state index in [1.165, 1.54) is 4.88 Å². The molecule has 2 rings (SSSR count). The average Bonchev–Trinajstić information content (AvgIpc) is 2.65. The molecule has 12 heavy (non-hydrogen) atoms. The molecule has 0 fully saturated rings. The third kappa shape index (κ3) is 1.49. The van der Waals surface area contributed by atoms with Crippen LogP contribution in [-0.4, -0.2) is 9.55 Å². The van der Waals surface area contributed by atoms with Crippen LogP contribution in [0.3, 0.4) is 0 Å². The van der Waals surface area contributed by atoms with Crippen molar-refractivity contribution in [3.8, 4) is 0 Å². The highest BCUT2D eigenvalue weighted by atomic mass is 32.1. The number of rotatable bonds is 2. The molecule has 62 valence electrons. The van der Waals surface area contributed by atoms with Crippen molar-refractivity contribution < 1.29 is 0 Å². The molecule has 0 aromatic carbocycles. The molecule has 0 aliphatic carbocycles. The van der Waals surface area contributed by atoms with Crippen molar-refractivity contribution in [2.75, 3.05) is 0 Å². The molecule has 0 unspecified atom stereocenters. The van der Waals surface area contributed by atoms with Gasteiger partial charge in [0.25, 0.3) is 0 Å². The SMILES string of the molecule is S=c1[nH]ccn1Cc1cccs1. The Morgan fingerprint density at radius 2 is 2.50 bits per heavy atom. The second-order valence-electron chi connectivity index (χ2n) is 2.47. The van der Waals surface area contributed by atoms with Crippen LogP contribution >= 0.6 is 23.6 Å². The number of hydrogen-bond acceptors (Lipinski definition) is 2. The molecule has 2 aromatic rings. The molecule has 2 nitrogen and oxygen atoms in total. The van der Waals surface area contributed by atoms with E-state index in [4.69, 9.17) is 12.2 Å². The predicted molar refractivity (Wildman–Crippen MR) is 53.0 cm³/mol. The number of aromatic amines is 1. The van der Waals surface area contributed by atoms with Gasteiger partial charge in [0.05, 0.1) is 6.54 Å². The van der Waals surface area contributed by atoms with Crippen molar-refractivity contribution in [3.05, 3.63) is 39.6 Å². The van der Waals surface area contributed by atoms with Gasteiger partial charge in [0, 0.05) is 17.3 Å². The highest BCUT2D eigenvalue weighted by Gasteiger charge is 1.95. The van der Waals surface area contributed by atoms with Crippen molar-refractivity contribution in [1.29, 1.82) is 0 Å². The highest BCUT2D eigenvalue weighted by molar-refractivity contribution is 7.71. The third-order valence-electron chi connectivity index (χ3n) is 1.63. The normalized spacial score (nSPS) is 10.3. The smallest absolute Gasteiger partial charge is 0.177 e. The fourth-order valence-electron chi connectivity index (χ4n) is 1.04. The van der Waals surface area contributed by atoms with Crippen LogP contribution in [0.4, 0.5) is 0 Å². The number of nitrogens with one attached hydrogen (secondary N) is 1. The van der Waals surface area contributed by atoms with E-state index in [0.29, 0.717) is 0 Å². The Morgan fingerprint density at radius 1 is 1.58 bits per heavy atom. The standard InChI is InChI=1S/C8H8N2S2/c11-8-9-3-4-10(8)6-7-2-1-5-12-7/h1-5H,6H2,(H,9,11). The molecule has 0 aliphatic heterocycles. The molecule has 0 saturated heterocycles. The van der Waals surface area contributed by atoms with Crippen molar-refractivity contribution in [2.24, 2.45) is 0 Å². The summed E-state index contributed by atoms with van der Waals surface area (Å²) in [5.41, 5.74) is 0. The van der Waals surface area contributed by atoms with Crippen LogP contribution in [0.15, 0.2) is 29.9 Å². The fourth-order valence-corrected chi connectivity index (χ4v) is 1.94. The van der Waals surface area contributed by atoms with E-state index in [-0.39, 0.29) is 0 Å². The minimum Gasteiger partial charge on any atom is -0.337 e. The van der Waals surface area contributed by atoms with Crippen molar-refractivity contribution in [3.63, 3.8) is 0 Å². The molecule has 2 heterocycles. The van der Waals surface area contributed by atoms with Gasteiger partial charge in [-0.1, -0.05) is 6.07 Å². The summed E-state index contributed by atoms with van der Waals surface area (Å²) >= 11 is 6.82. The van der Waals surface area contributed by atoms with E-state index in [0.717, 1.165) is 11.3 Å².